The molecule has 25 heavy (non-hydrogen) atoms. The molecule has 6 heteroatoms. The van der Waals surface area contributed by atoms with E-state index >= 15 is 0 Å². The molecule has 0 aromatic heterocycles. The second-order valence-corrected chi connectivity index (χ2v) is 7.15. The first kappa shape index (κ1) is 22.8. The monoisotopic (exact) mass is 386 g/mol. The second kappa shape index (κ2) is 11.5. The first-order chi connectivity index (χ1) is 11.5. The summed E-state index contributed by atoms with van der Waals surface area (Å²) in [6.07, 6.45) is 5.89. The topological polar surface area (TPSA) is 66.4 Å². The van der Waals surface area contributed by atoms with Crippen molar-refractivity contribution in [2.24, 2.45) is 0 Å². The Balaban J connectivity index is 0.00000312. The molecule has 2 aromatic rings. The van der Waals surface area contributed by atoms with Crippen LogP contribution in [0.1, 0.15) is 44.6 Å². The maximum absolute atomic E-state index is 11.5. The summed E-state index contributed by atoms with van der Waals surface area (Å²) in [4.78, 5) is -0.140. The van der Waals surface area contributed by atoms with Crippen molar-refractivity contribution in [3.63, 3.8) is 0 Å². The number of unbranched alkanes of at least 4 members (excludes halogenated alkanes) is 4. The van der Waals surface area contributed by atoms with Gasteiger partial charge in [-0.25, -0.2) is 8.42 Å². The molecule has 0 N–H and O–H groups in total. The molecule has 0 saturated heterocycles. The van der Waals surface area contributed by atoms with Crippen LogP contribution in [0.5, 0.6) is 11.5 Å². The van der Waals surface area contributed by atoms with Gasteiger partial charge in [0.2, 0.25) is 0 Å². The molecule has 2 rings (SSSR count). The number of hydrogen-bond acceptors (Lipinski definition) is 4. The summed E-state index contributed by atoms with van der Waals surface area (Å²) in [5.41, 5.74) is 0.537. The minimum Gasteiger partial charge on any atom is -0.744 e. The van der Waals surface area contributed by atoms with Gasteiger partial charge >= 0.3 is 51.4 Å². The smallest absolute Gasteiger partial charge is 0.744 e. The van der Waals surface area contributed by atoms with Gasteiger partial charge in [-0.15, -0.1) is 0 Å². The second-order valence-electron chi connectivity index (χ2n) is 5.80. The summed E-state index contributed by atoms with van der Waals surface area (Å²) in [6, 6.07) is 13.8. The van der Waals surface area contributed by atoms with Gasteiger partial charge in [0.15, 0.2) is 0 Å². The summed E-state index contributed by atoms with van der Waals surface area (Å²) in [5.74, 6) is 1.21. The first-order valence-electron chi connectivity index (χ1n) is 8.32. The van der Waals surface area contributed by atoms with Crippen molar-refractivity contribution < 1.29 is 69.1 Å². The van der Waals surface area contributed by atoms with E-state index in [1.165, 1.54) is 18.6 Å². The van der Waals surface area contributed by atoms with E-state index in [0.717, 1.165) is 25.7 Å². The van der Waals surface area contributed by atoms with Crippen LogP contribution in [0.25, 0.3) is 0 Å². The average Bonchev–Trinajstić information content (AvgIpc) is 2.55. The molecule has 2 aromatic carbocycles. The van der Waals surface area contributed by atoms with Gasteiger partial charge in [0.25, 0.3) is 0 Å². The number of rotatable bonds is 9. The number of para-hydroxylation sites is 1. The van der Waals surface area contributed by atoms with E-state index in [2.05, 4.69) is 6.92 Å². The van der Waals surface area contributed by atoms with Crippen LogP contribution < -0.4 is 56.1 Å². The summed E-state index contributed by atoms with van der Waals surface area (Å²) in [7, 11) is -4.48. The maximum Gasteiger partial charge on any atom is 1.00 e. The maximum atomic E-state index is 11.5. The van der Waals surface area contributed by atoms with Crippen molar-refractivity contribution in [3.8, 4) is 11.5 Å². The summed E-state index contributed by atoms with van der Waals surface area (Å²) >= 11 is 0. The van der Waals surface area contributed by atoms with Crippen LogP contribution in [0.3, 0.4) is 0 Å². The van der Waals surface area contributed by atoms with Gasteiger partial charge in [0, 0.05) is 0 Å². The Labute approximate surface area is 193 Å². The molecule has 4 nitrogen and oxygen atoms in total. The SMILES string of the molecule is CCCCCCCc1cc(Oc2ccccc2)ccc1S(=O)(=O)[O-].[K+]. The zero-order valence-electron chi connectivity index (χ0n) is 14.9. The van der Waals surface area contributed by atoms with Crippen LogP contribution in [0, 0.1) is 0 Å². The Morgan fingerprint density at radius 2 is 1.60 bits per heavy atom. The number of aryl methyl sites for hydroxylation is 1. The predicted molar refractivity (Wildman–Crippen MR) is 93.4 cm³/mol. The van der Waals surface area contributed by atoms with E-state index in [4.69, 9.17) is 4.74 Å². The van der Waals surface area contributed by atoms with Crippen molar-refractivity contribution in [1.29, 1.82) is 0 Å². The number of benzene rings is 2. The molecule has 130 valence electrons. The van der Waals surface area contributed by atoms with Gasteiger partial charge in [-0.2, -0.15) is 0 Å². The third-order valence-electron chi connectivity index (χ3n) is 3.83. The number of ether oxygens (including phenoxy) is 1. The number of hydrogen-bond donors (Lipinski definition) is 0. The van der Waals surface area contributed by atoms with Gasteiger partial charge in [-0.1, -0.05) is 50.8 Å². The minimum atomic E-state index is -4.48. The van der Waals surface area contributed by atoms with Crippen LogP contribution in [-0.4, -0.2) is 13.0 Å². The van der Waals surface area contributed by atoms with Gasteiger partial charge in [-0.05, 0) is 48.7 Å². The Morgan fingerprint density at radius 1 is 0.920 bits per heavy atom. The fourth-order valence-electron chi connectivity index (χ4n) is 2.60. The third kappa shape index (κ3) is 7.91. The molecule has 0 spiro atoms. The van der Waals surface area contributed by atoms with E-state index in [-0.39, 0.29) is 56.3 Å². The zero-order valence-corrected chi connectivity index (χ0v) is 18.8. The van der Waals surface area contributed by atoms with Crippen LogP contribution >= 0.6 is 0 Å². The van der Waals surface area contributed by atoms with Crippen molar-refractivity contribution in [1.82, 2.24) is 0 Å². The van der Waals surface area contributed by atoms with Crippen molar-refractivity contribution in [2.75, 3.05) is 0 Å². The molecule has 0 aliphatic carbocycles. The van der Waals surface area contributed by atoms with Crippen LogP contribution in [0.4, 0.5) is 0 Å². The third-order valence-corrected chi connectivity index (χ3v) is 4.77. The van der Waals surface area contributed by atoms with Crippen molar-refractivity contribution in [3.05, 3.63) is 54.1 Å². The van der Waals surface area contributed by atoms with Crippen molar-refractivity contribution in [2.45, 2.75) is 50.3 Å². The first-order valence-corrected chi connectivity index (χ1v) is 9.73. The average molecular weight is 387 g/mol. The van der Waals surface area contributed by atoms with Crippen LogP contribution in [0.15, 0.2) is 53.4 Å². The molecule has 0 fully saturated rings. The standard InChI is InChI=1S/C19H24O4S.K/c1-2-3-4-5-7-10-16-15-18(13-14-19(16)24(20,21)22)23-17-11-8-6-9-12-17;/h6,8-9,11-15H,2-5,7,10H2,1H3,(H,20,21,22);/q;+1/p-1. The molecule has 0 unspecified atom stereocenters. The molecular weight excluding hydrogens is 363 g/mol. The summed E-state index contributed by atoms with van der Waals surface area (Å²) in [5, 5.41) is 0. The molecule has 0 aliphatic heterocycles. The largest absolute Gasteiger partial charge is 1.00 e. The molecule has 0 bridgehead atoms. The Bertz CT molecular complexity index is 745. The zero-order chi connectivity index (χ0) is 17.4. The summed E-state index contributed by atoms with van der Waals surface area (Å²) in [6.45, 7) is 2.15. The molecule has 0 saturated carbocycles. The molecule has 0 heterocycles. The predicted octanol–water partition coefficient (Wildman–Crippen LogP) is 1.90. The van der Waals surface area contributed by atoms with E-state index in [9.17, 15) is 13.0 Å². The normalized spacial score (nSPS) is 11.0. The van der Waals surface area contributed by atoms with Crippen molar-refractivity contribution >= 4 is 10.1 Å². The van der Waals surface area contributed by atoms with Gasteiger partial charge < -0.3 is 9.29 Å². The molecule has 0 amide bonds. The molecular formula is C19H23KO4S. The molecule has 0 radical (unpaired) electrons. The summed E-state index contributed by atoms with van der Waals surface area (Å²) < 4.78 is 40.1. The van der Waals surface area contributed by atoms with E-state index in [1.807, 2.05) is 30.3 Å². The minimum absolute atomic E-state index is 0. The quantitative estimate of drug-likeness (QED) is 0.375. The van der Waals surface area contributed by atoms with Gasteiger partial charge in [0.05, 0.1) is 4.90 Å². The van der Waals surface area contributed by atoms with Crippen LogP contribution in [0.2, 0.25) is 0 Å². The van der Waals surface area contributed by atoms with Gasteiger partial charge in [0.1, 0.15) is 21.6 Å². The van der Waals surface area contributed by atoms with Gasteiger partial charge in [-0.3, -0.25) is 0 Å². The molecule has 0 atom stereocenters. The fraction of sp³-hybridized carbons (Fsp3) is 0.368. The van der Waals surface area contributed by atoms with E-state index in [0.29, 0.717) is 23.5 Å². The van der Waals surface area contributed by atoms with Crippen LogP contribution in [-0.2, 0) is 16.5 Å². The molecule has 0 aliphatic rings. The Kier molecular flexibility index (Phi) is 10.5. The Hall–Kier alpha value is -0.214. The van der Waals surface area contributed by atoms with E-state index in [1.54, 1.807) is 6.07 Å². The fourth-order valence-corrected chi connectivity index (χ4v) is 3.32. The van der Waals surface area contributed by atoms with E-state index < -0.39 is 10.1 Å². The Morgan fingerprint density at radius 3 is 2.24 bits per heavy atom.